The summed E-state index contributed by atoms with van der Waals surface area (Å²) in [6.07, 6.45) is 2.11. The maximum absolute atomic E-state index is 11.2. The van der Waals surface area contributed by atoms with Crippen LogP contribution in [-0.4, -0.2) is 46.2 Å². The van der Waals surface area contributed by atoms with E-state index in [-0.39, 0.29) is 11.7 Å². The average molecular weight is 235 g/mol. The Morgan fingerprint density at radius 2 is 2.13 bits per heavy atom. The summed E-state index contributed by atoms with van der Waals surface area (Å²) in [5.41, 5.74) is 0. The number of aliphatic hydroxyl groups is 1. The number of unbranched alkanes of at least 4 members (excludes halogenated alkanes) is 1. The Bertz CT molecular complexity index is 210. The van der Waals surface area contributed by atoms with E-state index >= 15 is 0 Å². The molecular weight excluding hydrogens is 218 g/mol. The Hall–Kier alpha value is -0.750. The molecule has 15 heavy (non-hydrogen) atoms. The van der Waals surface area contributed by atoms with Crippen LogP contribution >= 0.6 is 11.8 Å². The number of carbonyl (C=O) groups excluding carboxylic acids is 1. The quantitative estimate of drug-likeness (QED) is 0.519. The first kappa shape index (κ1) is 14.2. The Kier molecular flexibility index (Phi) is 8.12. The lowest BCUT2D eigenvalue weighted by Gasteiger charge is -2.10. The number of rotatable bonds is 8. The van der Waals surface area contributed by atoms with Crippen molar-refractivity contribution in [2.45, 2.75) is 25.8 Å². The average Bonchev–Trinajstić information content (AvgIpc) is 2.20. The van der Waals surface area contributed by atoms with E-state index in [9.17, 15) is 9.59 Å². The lowest BCUT2D eigenvalue weighted by Crippen LogP contribution is -2.44. The van der Waals surface area contributed by atoms with E-state index in [4.69, 9.17) is 10.2 Å². The molecule has 1 amide bonds. The summed E-state index contributed by atoms with van der Waals surface area (Å²) in [7, 11) is 0. The van der Waals surface area contributed by atoms with Crippen LogP contribution < -0.4 is 5.32 Å². The fourth-order valence-corrected chi connectivity index (χ4v) is 1.74. The molecule has 0 aliphatic heterocycles. The predicted octanol–water partition coefficient (Wildman–Crippen LogP) is 0.0814. The van der Waals surface area contributed by atoms with Crippen molar-refractivity contribution in [1.29, 1.82) is 0 Å². The van der Waals surface area contributed by atoms with Gasteiger partial charge in [-0.1, -0.05) is 13.3 Å². The summed E-state index contributed by atoms with van der Waals surface area (Å²) in [6.45, 7) is 1.48. The van der Waals surface area contributed by atoms with E-state index in [0.29, 0.717) is 0 Å². The minimum atomic E-state index is -1.22. The van der Waals surface area contributed by atoms with Crippen LogP contribution in [0, 0.1) is 0 Å². The molecule has 88 valence electrons. The van der Waals surface area contributed by atoms with Crippen molar-refractivity contribution in [2.75, 3.05) is 18.1 Å². The van der Waals surface area contributed by atoms with Crippen LogP contribution in [0.25, 0.3) is 0 Å². The van der Waals surface area contributed by atoms with Gasteiger partial charge in [-0.05, 0) is 12.2 Å². The van der Waals surface area contributed by atoms with Gasteiger partial charge in [0.25, 0.3) is 0 Å². The molecular formula is C9H17NO4S. The normalized spacial score (nSPS) is 12.1. The van der Waals surface area contributed by atoms with Crippen molar-refractivity contribution in [1.82, 2.24) is 5.32 Å². The number of aliphatic carboxylic acids is 1. The Labute approximate surface area is 93.2 Å². The van der Waals surface area contributed by atoms with Gasteiger partial charge in [0.15, 0.2) is 0 Å². The third kappa shape index (κ3) is 7.21. The molecule has 1 unspecified atom stereocenters. The van der Waals surface area contributed by atoms with Crippen LogP contribution in [-0.2, 0) is 9.59 Å². The highest BCUT2D eigenvalue weighted by Crippen LogP contribution is 2.03. The lowest BCUT2D eigenvalue weighted by molar-refractivity contribution is -0.142. The smallest absolute Gasteiger partial charge is 0.328 e. The Morgan fingerprint density at radius 3 is 2.60 bits per heavy atom. The maximum atomic E-state index is 11.2. The van der Waals surface area contributed by atoms with Gasteiger partial charge in [0.2, 0.25) is 5.91 Å². The topological polar surface area (TPSA) is 86.6 Å². The number of hydrogen-bond acceptors (Lipinski definition) is 4. The van der Waals surface area contributed by atoms with Gasteiger partial charge in [-0.2, -0.15) is 11.8 Å². The van der Waals surface area contributed by atoms with Crippen molar-refractivity contribution in [2.24, 2.45) is 0 Å². The molecule has 0 aromatic carbocycles. The number of nitrogens with one attached hydrogen (secondary N) is 1. The molecule has 0 heterocycles. The van der Waals surface area contributed by atoms with Crippen LogP contribution in [0.3, 0.4) is 0 Å². The summed E-state index contributed by atoms with van der Waals surface area (Å²) in [5, 5.41) is 19.4. The maximum Gasteiger partial charge on any atom is 0.328 e. The first-order valence-electron chi connectivity index (χ1n) is 4.82. The number of carbonyl (C=O) groups is 2. The highest BCUT2D eigenvalue weighted by Gasteiger charge is 2.18. The van der Waals surface area contributed by atoms with E-state index in [1.807, 2.05) is 0 Å². The van der Waals surface area contributed by atoms with E-state index in [1.165, 1.54) is 11.8 Å². The molecule has 0 rings (SSSR count). The molecule has 0 aliphatic rings. The number of aliphatic hydroxyl groups excluding tert-OH is 1. The van der Waals surface area contributed by atoms with Crippen molar-refractivity contribution in [3.8, 4) is 0 Å². The molecule has 0 radical (unpaired) electrons. The SMILES string of the molecule is CCCCSCC(=O)NC(CO)C(=O)O. The van der Waals surface area contributed by atoms with Gasteiger partial charge in [0.05, 0.1) is 12.4 Å². The molecule has 0 saturated carbocycles. The minimum Gasteiger partial charge on any atom is -0.480 e. The summed E-state index contributed by atoms with van der Waals surface area (Å²) in [5.74, 6) is -0.438. The Morgan fingerprint density at radius 1 is 1.47 bits per heavy atom. The van der Waals surface area contributed by atoms with Gasteiger partial charge in [-0.15, -0.1) is 0 Å². The zero-order valence-electron chi connectivity index (χ0n) is 8.73. The molecule has 0 aliphatic carbocycles. The molecule has 0 aromatic heterocycles. The van der Waals surface area contributed by atoms with Crippen LogP contribution in [0.2, 0.25) is 0 Å². The Balaban J connectivity index is 3.67. The molecule has 1 atom stereocenters. The summed E-state index contributed by atoms with van der Waals surface area (Å²) >= 11 is 1.46. The fourth-order valence-electron chi connectivity index (χ4n) is 0.833. The largest absolute Gasteiger partial charge is 0.480 e. The van der Waals surface area contributed by atoms with Gasteiger partial charge < -0.3 is 15.5 Å². The molecule has 0 fully saturated rings. The second-order valence-corrected chi connectivity index (χ2v) is 4.15. The number of thioether (sulfide) groups is 1. The monoisotopic (exact) mass is 235 g/mol. The summed E-state index contributed by atoms with van der Waals surface area (Å²) < 4.78 is 0. The summed E-state index contributed by atoms with van der Waals surface area (Å²) in [6, 6.07) is -1.19. The third-order valence-electron chi connectivity index (χ3n) is 1.69. The van der Waals surface area contributed by atoms with Gasteiger partial charge in [0.1, 0.15) is 6.04 Å². The van der Waals surface area contributed by atoms with Crippen molar-refractivity contribution < 1.29 is 19.8 Å². The van der Waals surface area contributed by atoms with Crippen LogP contribution in [0.4, 0.5) is 0 Å². The number of amides is 1. The molecule has 5 nitrogen and oxygen atoms in total. The first-order chi connectivity index (χ1) is 7.11. The predicted molar refractivity (Wildman–Crippen MR) is 58.9 cm³/mol. The second-order valence-electron chi connectivity index (χ2n) is 3.05. The third-order valence-corrected chi connectivity index (χ3v) is 2.73. The number of hydrogen-bond donors (Lipinski definition) is 3. The van der Waals surface area contributed by atoms with Gasteiger partial charge in [-0.25, -0.2) is 4.79 Å². The van der Waals surface area contributed by atoms with E-state index in [0.717, 1.165) is 18.6 Å². The van der Waals surface area contributed by atoms with E-state index in [1.54, 1.807) is 0 Å². The highest BCUT2D eigenvalue weighted by atomic mass is 32.2. The molecule has 3 N–H and O–H groups in total. The summed E-state index contributed by atoms with van der Waals surface area (Å²) in [4.78, 5) is 21.6. The van der Waals surface area contributed by atoms with Gasteiger partial charge in [-0.3, -0.25) is 4.79 Å². The van der Waals surface area contributed by atoms with Gasteiger partial charge >= 0.3 is 5.97 Å². The second kappa shape index (κ2) is 8.55. The molecule has 6 heteroatoms. The lowest BCUT2D eigenvalue weighted by atomic mass is 10.3. The zero-order chi connectivity index (χ0) is 11.7. The zero-order valence-corrected chi connectivity index (χ0v) is 9.55. The van der Waals surface area contributed by atoms with E-state index in [2.05, 4.69) is 12.2 Å². The molecule has 0 aromatic rings. The fraction of sp³-hybridized carbons (Fsp3) is 0.778. The van der Waals surface area contributed by atoms with Crippen LogP contribution in [0.1, 0.15) is 19.8 Å². The van der Waals surface area contributed by atoms with Crippen molar-refractivity contribution in [3.05, 3.63) is 0 Å². The van der Waals surface area contributed by atoms with Gasteiger partial charge in [0, 0.05) is 0 Å². The number of carboxylic acids is 1. The highest BCUT2D eigenvalue weighted by molar-refractivity contribution is 7.99. The molecule has 0 bridgehead atoms. The molecule has 0 saturated heterocycles. The van der Waals surface area contributed by atoms with Crippen molar-refractivity contribution in [3.63, 3.8) is 0 Å². The standard InChI is InChI=1S/C9H17NO4S/c1-2-3-4-15-6-8(12)10-7(5-11)9(13)14/h7,11H,2-6H2,1H3,(H,10,12)(H,13,14). The first-order valence-corrected chi connectivity index (χ1v) is 5.98. The van der Waals surface area contributed by atoms with Crippen molar-refractivity contribution >= 4 is 23.6 Å². The van der Waals surface area contributed by atoms with E-state index < -0.39 is 18.6 Å². The number of carboxylic acid groups (broad SMARTS) is 1. The minimum absolute atomic E-state index is 0.240. The van der Waals surface area contributed by atoms with Crippen LogP contribution in [0.15, 0.2) is 0 Å². The van der Waals surface area contributed by atoms with Crippen LogP contribution in [0.5, 0.6) is 0 Å². The molecule has 0 spiro atoms.